The predicted octanol–water partition coefficient (Wildman–Crippen LogP) is 2.44. The Hall–Kier alpha value is -2.96. The molecule has 7 heteroatoms. The first-order valence-corrected chi connectivity index (χ1v) is 8.48. The lowest BCUT2D eigenvalue weighted by molar-refractivity contribution is -0.129. The monoisotopic (exact) mass is 336 g/mol. The number of H-pyrrole nitrogens is 1. The smallest absolute Gasteiger partial charge is 0.223 e. The minimum atomic E-state index is 0.143. The van der Waals surface area contributed by atoms with Gasteiger partial charge in [-0.15, -0.1) is 0 Å². The van der Waals surface area contributed by atoms with Crippen LogP contribution in [0, 0.1) is 0 Å². The van der Waals surface area contributed by atoms with E-state index in [-0.39, 0.29) is 11.9 Å². The van der Waals surface area contributed by atoms with Gasteiger partial charge in [-0.05, 0) is 31.0 Å². The summed E-state index contributed by atoms with van der Waals surface area (Å²) in [5, 5.41) is 4.45. The standard InChI is InChI=1S/C18H20N6O/c1-12(25)24-9-5-13(6-10-24)22-18-20-8-4-16(23-18)15-11-21-17-14(15)3-2-7-19-17/h2-4,7-8,11,13H,5-6,9-10H2,1H3,(H,19,21)(H,20,22,23). The zero-order chi connectivity index (χ0) is 17.2. The molecule has 0 saturated carbocycles. The second-order valence-electron chi connectivity index (χ2n) is 6.29. The highest BCUT2D eigenvalue weighted by Crippen LogP contribution is 2.26. The van der Waals surface area contributed by atoms with Crippen molar-refractivity contribution in [2.75, 3.05) is 18.4 Å². The van der Waals surface area contributed by atoms with Crippen LogP contribution < -0.4 is 5.32 Å². The molecule has 4 rings (SSSR count). The molecule has 4 heterocycles. The van der Waals surface area contributed by atoms with Crippen LogP contribution in [-0.4, -0.2) is 49.9 Å². The number of carbonyl (C=O) groups excluding carboxylic acids is 1. The van der Waals surface area contributed by atoms with Crippen molar-refractivity contribution in [2.45, 2.75) is 25.8 Å². The van der Waals surface area contributed by atoms with Gasteiger partial charge in [-0.25, -0.2) is 15.0 Å². The molecule has 25 heavy (non-hydrogen) atoms. The van der Waals surface area contributed by atoms with E-state index in [0.29, 0.717) is 5.95 Å². The molecule has 2 N–H and O–H groups in total. The number of pyridine rings is 1. The Bertz CT molecular complexity index is 897. The van der Waals surface area contributed by atoms with Crippen molar-refractivity contribution in [3.05, 3.63) is 36.8 Å². The number of amides is 1. The minimum Gasteiger partial charge on any atom is -0.351 e. The third-order valence-corrected chi connectivity index (χ3v) is 4.66. The number of likely N-dealkylation sites (tertiary alicyclic amines) is 1. The summed E-state index contributed by atoms with van der Waals surface area (Å²) in [7, 11) is 0. The van der Waals surface area contributed by atoms with Gasteiger partial charge in [0.15, 0.2) is 0 Å². The van der Waals surface area contributed by atoms with Gasteiger partial charge in [0.2, 0.25) is 11.9 Å². The van der Waals surface area contributed by atoms with E-state index >= 15 is 0 Å². The van der Waals surface area contributed by atoms with Crippen LogP contribution in [0.3, 0.4) is 0 Å². The maximum Gasteiger partial charge on any atom is 0.223 e. The van der Waals surface area contributed by atoms with Crippen molar-refractivity contribution in [3.8, 4) is 11.3 Å². The van der Waals surface area contributed by atoms with Gasteiger partial charge in [-0.1, -0.05) is 0 Å². The highest BCUT2D eigenvalue weighted by Gasteiger charge is 2.21. The summed E-state index contributed by atoms with van der Waals surface area (Å²) in [5.41, 5.74) is 2.72. The van der Waals surface area contributed by atoms with E-state index in [0.717, 1.165) is 48.2 Å². The first-order valence-electron chi connectivity index (χ1n) is 8.48. The SMILES string of the molecule is CC(=O)N1CCC(Nc2nccc(-c3c[nH]c4ncccc34)n2)CC1. The van der Waals surface area contributed by atoms with Crippen LogP contribution in [0.15, 0.2) is 36.8 Å². The molecule has 0 atom stereocenters. The highest BCUT2D eigenvalue weighted by atomic mass is 16.2. The summed E-state index contributed by atoms with van der Waals surface area (Å²) >= 11 is 0. The van der Waals surface area contributed by atoms with E-state index < -0.39 is 0 Å². The zero-order valence-electron chi connectivity index (χ0n) is 14.1. The molecule has 1 aliphatic rings. The van der Waals surface area contributed by atoms with E-state index in [4.69, 9.17) is 0 Å². The fourth-order valence-electron chi connectivity index (χ4n) is 3.27. The maximum atomic E-state index is 11.4. The van der Waals surface area contributed by atoms with Crippen molar-refractivity contribution in [1.82, 2.24) is 24.8 Å². The van der Waals surface area contributed by atoms with Crippen LogP contribution in [0.1, 0.15) is 19.8 Å². The average Bonchev–Trinajstić information content (AvgIpc) is 3.06. The first-order chi connectivity index (χ1) is 12.2. The van der Waals surface area contributed by atoms with Gasteiger partial charge in [-0.2, -0.15) is 0 Å². The molecule has 0 aromatic carbocycles. The maximum absolute atomic E-state index is 11.4. The molecular formula is C18H20N6O. The molecule has 7 nitrogen and oxygen atoms in total. The molecule has 0 radical (unpaired) electrons. The first kappa shape index (κ1) is 15.6. The number of nitrogens with one attached hydrogen (secondary N) is 2. The Balaban J connectivity index is 1.51. The van der Waals surface area contributed by atoms with E-state index in [2.05, 4.69) is 25.3 Å². The minimum absolute atomic E-state index is 0.143. The lowest BCUT2D eigenvalue weighted by Crippen LogP contribution is -2.41. The Labute approximate surface area is 145 Å². The van der Waals surface area contributed by atoms with Crippen molar-refractivity contribution in [3.63, 3.8) is 0 Å². The molecule has 0 unspecified atom stereocenters. The van der Waals surface area contributed by atoms with Gasteiger partial charge in [0.25, 0.3) is 0 Å². The van der Waals surface area contributed by atoms with Crippen LogP contribution in [0.2, 0.25) is 0 Å². The quantitative estimate of drug-likeness (QED) is 0.767. The zero-order valence-corrected chi connectivity index (χ0v) is 14.1. The van der Waals surface area contributed by atoms with Gasteiger partial charge >= 0.3 is 0 Å². The molecule has 1 amide bonds. The molecule has 0 spiro atoms. The summed E-state index contributed by atoms with van der Waals surface area (Å²) < 4.78 is 0. The van der Waals surface area contributed by atoms with Gasteiger partial charge in [0, 0.05) is 55.6 Å². The normalized spacial score (nSPS) is 15.5. The van der Waals surface area contributed by atoms with Gasteiger partial charge in [0.05, 0.1) is 5.69 Å². The van der Waals surface area contributed by atoms with Crippen molar-refractivity contribution < 1.29 is 4.79 Å². The number of nitrogens with zero attached hydrogens (tertiary/aromatic N) is 4. The number of rotatable bonds is 3. The number of hydrogen-bond donors (Lipinski definition) is 2. The Morgan fingerprint density at radius 3 is 2.88 bits per heavy atom. The Kier molecular flexibility index (Phi) is 4.05. The summed E-state index contributed by atoms with van der Waals surface area (Å²) in [6.45, 7) is 3.18. The summed E-state index contributed by atoms with van der Waals surface area (Å²) in [4.78, 5) is 29.8. The van der Waals surface area contributed by atoms with E-state index in [1.807, 2.05) is 29.3 Å². The van der Waals surface area contributed by atoms with E-state index in [1.165, 1.54) is 0 Å². The molecule has 128 valence electrons. The number of aromatic amines is 1. The summed E-state index contributed by atoms with van der Waals surface area (Å²) in [6.07, 6.45) is 7.27. The number of carbonyl (C=O) groups is 1. The fourth-order valence-corrected chi connectivity index (χ4v) is 3.27. The third-order valence-electron chi connectivity index (χ3n) is 4.66. The Morgan fingerprint density at radius 2 is 2.08 bits per heavy atom. The van der Waals surface area contributed by atoms with Gasteiger partial charge < -0.3 is 15.2 Å². The number of hydrogen-bond acceptors (Lipinski definition) is 5. The average molecular weight is 336 g/mol. The van der Waals surface area contributed by atoms with Crippen LogP contribution in [-0.2, 0) is 4.79 Å². The van der Waals surface area contributed by atoms with Crippen LogP contribution in [0.4, 0.5) is 5.95 Å². The van der Waals surface area contributed by atoms with E-state index in [9.17, 15) is 4.79 Å². The van der Waals surface area contributed by atoms with Gasteiger partial charge in [0.1, 0.15) is 5.65 Å². The molecule has 1 saturated heterocycles. The molecule has 1 aliphatic heterocycles. The number of piperidine rings is 1. The number of aromatic nitrogens is 4. The predicted molar refractivity (Wildman–Crippen MR) is 96.0 cm³/mol. The topological polar surface area (TPSA) is 86.8 Å². The summed E-state index contributed by atoms with van der Waals surface area (Å²) in [6, 6.07) is 6.14. The van der Waals surface area contributed by atoms with Crippen molar-refractivity contribution >= 4 is 22.9 Å². The van der Waals surface area contributed by atoms with Crippen LogP contribution in [0.5, 0.6) is 0 Å². The molecule has 0 aliphatic carbocycles. The highest BCUT2D eigenvalue weighted by molar-refractivity contribution is 5.92. The van der Waals surface area contributed by atoms with E-state index in [1.54, 1.807) is 19.3 Å². The Morgan fingerprint density at radius 1 is 1.24 bits per heavy atom. The molecule has 0 bridgehead atoms. The second-order valence-corrected chi connectivity index (χ2v) is 6.29. The van der Waals surface area contributed by atoms with Gasteiger partial charge in [-0.3, -0.25) is 4.79 Å². The largest absolute Gasteiger partial charge is 0.351 e. The summed E-state index contributed by atoms with van der Waals surface area (Å²) in [5.74, 6) is 0.765. The lowest BCUT2D eigenvalue weighted by atomic mass is 10.1. The second kappa shape index (κ2) is 6.51. The third kappa shape index (κ3) is 3.17. The van der Waals surface area contributed by atoms with Crippen LogP contribution in [0.25, 0.3) is 22.3 Å². The number of anilines is 1. The lowest BCUT2D eigenvalue weighted by Gasteiger charge is -2.31. The van der Waals surface area contributed by atoms with Crippen molar-refractivity contribution in [2.24, 2.45) is 0 Å². The molecule has 3 aromatic rings. The molecule has 1 fully saturated rings. The molecular weight excluding hydrogens is 316 g/mol. The fraction of sp³-hybridized carbons (Fsp3) is 0.333. The number of fused-ring (bicyclic) bond motifs is 1. The van der Waals surface area contributed by atoms with Crippen molar-refractivity contribution in [1.29, 1.82) is 0 Å². The van der Waals surface area contributed by atoms with Crippen LogP contribution >= 0.6 is 0 Å². The molecule has 3 aromatic heterocycles.